The Morgan fingerprint density at radius 2 is 2.26 bits per heavy atom. The number of aliphatic hydroxyl groups is 1. The molecule has 3 atom stereocenters. The van der Waals surface area contributed by atoms with Gasteiger partial charge in [0.2, 0.25) is 5.91 Å². The van der Waals surface area contributed by atoms with Gasteiger partial charge < -0.3 is 25.0 Å². The van der Waals surface area contributed by atoms with Gasteiger partial charge in [-0.15, -0.1) is 0 Å². The van der Waals surface area contributed by atoms with E-state index in [1.165, 1.54) is 0 Å². The van der Waals surface area contributed by atoms with Crippen molar-refractivity contribution < 1.29 is 14.6 Å². The molecule has 1 aliphatic carbocycles. The van der Waals surface area contributed by atoms with E-state index in [4.69, 9.17) is 4.74 Å². The van der Waals surface area contributed by atoms with Crippen molar-refractivity contribution >= 4 is 5.91 Å². The Morgan fingerprint density at radius 3 is 2.96 bits per heavy atom. The molecule has 128 valence electrons. The molecule has 1 amide bonds. The minimum absolute atomic E-state index is 0.0997. The van der Waals surface area contributed by atoms with Crippen LogP contribution in [0.2, 0.25) is 0 Å². The van der Waals surface area contributed by atoms with E-state index in [-0.39, 0.29) is 24.0 Å². The summed E-state index contributed by atoms with van der Waals surface area (Å²) in [5, 5.41) is 16.6. The molecule has 3 N–H and O–H groups in total. The second-order valence-electron chi connectivity index (χ2n) is 6.53. The molecule has 1 aromatic rings. The summed E-state index contributed by atoms with van der Waals surface area (Å²) in [6.07, 6.45) is 6.90. The molecule has 2 heterocycles. The number of carbonyl (C=O) groups is 1. The molecule has 0 aromatic carbocycles. The molecule has 3 rings (SSSR count). The van der Waals surface area contributed by atoms with Gasteiger partial charge in [-0.1, -0.05) is 12.8 Å². The zero-order valence-electron chi connectivity index (χ0n) is 13.6. The van der Waals surface area contributed by atoms with Gasteiger partial charge in [-0.3, -0.25) is 4.79 Å². The van der Waals surface area contributed by atoms with Crippen LogP contribution < -0.4 is 10.6 Å². The van der Waals surface area contributed by atoms with Crippen LogP contribution in [0.15, 0.2) is 12.4 Å². The maximum absolute atomic E-state index is 12.0. The molecule has 1 aromatic heterocycles. The topological polar surface area (TPSA) is 88.4 Å². The van der Waals surface area contributed by atoms with Crippen LogP contribution in [0.4, 0.5) is 0 Å². The predicted molar refractivity (Wildman–Crippen MR) is 84.6 cm³/mol. The lowest BCUT2D eigenvalue weighted by molar-refractivity contribution is -0.125. The third-order valence-electron chi connectivity index (χ3n) is 4.93. The molecular formula is C16H26N4O3. The summed E-state index contributed by atoms with van der Waals surface area (Å²) in [6, 6.07) is -0.139. The normalized spacial score (nSPS) is 28.3. The van der Waals surface area contributed by atoms with Gasteiger partial charge >= 0.3 is 0 Å². The highest BCUT2D eigenvalue weighted by molar-refractivity contribution is 5.78. The average Bonchev–Trinajstić information content (AvgIpc) is 3.26. The zero-order chi connectivity index (χ0) is 16.2. The van der Waals surface area contributed by atoms with Crippen LogP contribution in [0.5, 0.6) is 0 Å². The van der Waals surface area contributed by atoms with Crippen molar-refractivity contribution in [2.24, 2.45) is 13.0 Å². The Morgan fingerprint density at radius 1 is 1.48 bits per heavy atom. The van der Waals surface area contributed by atoms with Gasteiger partial charge in [-0.05, 0) is 12.8 Å². The van der Waals surface area contributed by atoms with E-state index in [2.05, 4.69) is 15.6 Å². The maximum Gasteiger partial charge on any atom is 0.223 e. The molecule has 0 radical (unpaired) electrons. The predicted octanol–water partition coefficient (Wildman–Crippen LogP) is -0.0556. The number of carbonyl (C=O) groups excluding carboxylic acids is 1. The fourth-order valence-corrected chi connectivity index (χ4v) is 3.37. The molecule has 1 saturated heterocycles. The Kier molecular flexibility index (Phi) is 5.30. The van der Waals surface area contributed by atoms with E-state index >= 15 is 0 Å². The fraction of sp³-hybridized carbons (Fsp3) is 0.750. The number of hydrogen-bond acceptors (Lipinski definition) is 5. The van der Waals surface area contributed by atoms with Crippen molar-refractivity contribution in [2.75, 3.05) is 13.2 Å². The Labute approximate surface area is 136 Å². The minimum Gasteiger partial charge on any atom is -0.389 e. The molecule has 23 heavy (non-hydrogen) atoms. The zero-order valence-corrected chi connectivity index (χ0v) is 13.6. The van der Waals surface area contributed by atoms with Crippen molar-refractivity contribution in [1.82, 2.24) is 20.2 Å². The van der Waals surface area contributed by atoms with Crippen molar-refractivity contribution in [2.45, 2.75) is 50.5 Å². The molecule has 2 fully saturated rings. The summed E-state index contributed by atoms with van der Waals surface area (Å²) in [6.45, 7) is 1.39. The number of hydrogen-bond donors (Lipinski definition) is 3. The number of aromatic nitrogens is 2. The van der Waals surface area contributed by atoms with Gasteiger partial charge in [0.15, 0.2) is 0 Å². The highest BCUT2D eigenvalue weighted by Crippen LogP contribution is 2.24. The average molecular weight is 322 g/mol. The van der Waals surface area contributed by atoms with Gasteiger partial charge in [0.1, 0.15) is 11.9 Å². The number of imidazole rings is 1. The quantitative estimate of drug-likeness (QED) is 0.683. The molecule has 0 bridgehead atoms. The van der Waals surface area contributed by atoms with Crippen LogP contribution in [0, 0.1) is 5.92 Å². The van der Waals surface area contributed by atoms with E-state index in [9.17, 15) is 9.90 Å². The number of aliphatic hydroxyl groups excluding tert-OH is 1. The van der Waals surface area contributed by atoms with E-state index < -0.39 is 6.10 Å². The maximum atomic E-state index is 12.0. The molecule has 0 spiro atoms. The van der Waals surface area contributed by atoms with E-state index in [0.717, 1.165) is 31.5 Å². The largest absolute Gasteiger partial charge is 0.389 e. The molecule has 7 heteroatoms. The first kappa shape index (κ1) is 16.4. The number of ether oxygens (including phenoxy) is 1. The van der Waals surface area contributed by atoms with Crippen molar-refractivity contribution in [3.63, 3.8) is 0 Å². The number of nitrogens with one attached hydrogen (secondary N) is 2. The number of nitrogens with zero attached hydrogens (tertiary/aromatic N) is 2. The van der Waals surface area contributed by atoms with E-state index in [1.54, 1.807) is 6.20 Å². The monoisotopic (exact) mass is 322 g/mol. The number of amides is 1. The third-order valence-corrected chi connectivity index (χ3v) is 4.93. The first-order valence-corrected chi connectivity index (χ1v) is 8.42. The standard InChI is InChI=1S/C16H26N4O3/c1-20-7-6-17-14(20)9-18-12-10-23-13(15(12)21)8-19-16(22)11-4-2-3-5-11/h6-7,11-13,15,18,21H,2-5,8-10H2,1H3,(H,19,22)/t12-,13-,15+/m1/s1. The van der Waals surface area contributed by atoms with Gasteiger partial charge in [0, 0.05) is 31.9 Å². The summed E-state index contributed by atoms with van der Waals surface area (Å²) in [4.78, 5) is 16.3. The minimum atomic E-state index is -0.626. The smallest absolute Gasteiger partial charge is 0.223 e. The van der Waals surface area contributed by atoms with Crippen molar-refractivity contribution in [1.29, 1.82) is 0 Å². The highest BCUT2D eigenvalue weighted by Gasteiger charge is 2.36. The lowest BCUT2D eigenvalue weighted by Crippen LogP contribution is -2.45. The molecule has 1 aliphatic heterocycles. The van der Waals surface area contributed by atoms with Crippen molar-refractivity contribution in [3.05, 3.63) is 18.2 Å². The lowest BCUT2D eigenvalue weighted by Gasteiger charge is -2.19. The van der Waals surface area contributed by atoms with Crippen molar-refractivity contribution in [3.8, 4) is 0 Å². The third kappa shape index (κ3) is 3.91. The van der Waals surface area contributed by atoms with E-state index in [0.29, 0.717) is 19.7 Å². The SMILES string of the molecule is Cn1ccnc1CN[C@@H]1CO[C@H](CNC(=O)C2CCCC2)[C@H]1O. The number of rotatable bonds is 6. The van der Waals surface area contributed by atoms with Crippen LogP contribution in [-0.4, -0.2) is 52.0 Å². The van der Waals surface area contributed by atoms with Crippen LogP contribution in [-0.2, 0) is 23.1 Å². The van der Waals surface area contributed by atoms with Crippen LogP contribution in [0.1, 0.15) is 31.5 Å². The first-order chi connectivity index (χ1) is 11.1. The summed E-state index contributed by atoms with van der Waals surface area (Å²) in [7, 11) is 1.94. The summed E-state index contributed by atoms with van der Waals surface area (Å²) in [5.41, 5.74) is 0. The molecule has 1 saturated carbocycles. The van der Waals surface area contributed by atoms with E-state index in [1.807, 2.05) is 17.8 Å². The van der Waals surface area contributed by atoms with Gasteiger partial charge in [0.05, 0.1) is 25.3 Å². The lowest BCUT2D eigenvalue weighted by atomic mass is 10.1. The summed E-state index contributed by atoms with van der Waals surface area (Å²) in [5.74, 6) is 1.16. The number of aryl methyl sites for hydroxylation is 1. The fourth-order valence-electron chi connectivity index (χ4n) is 3.37. The molecule has 0 unspecified atom stereocenters. The second-order valence-corrected chi connectivity index (χ2v) is 6.53. The second kappa shape index (κ2) is 7.42. The van der Waals surface area contributed by atoms with Crippen LogP contribution in [0.25, 0.3) is 0 Å². The Bertz CT molecular complexity index is 527. The van der Waals surface area contributed by atoms with Crippen LogP contribution in [0.3, 0.4) is 0 Å². The van der Waals surface area contributed by atoms with Gasteiger partial charge in [-0.2, -0.15) is 0 Å². The van der Waals surface area contributed by atoms with Gasteiger partial charge in [0.25, 0.3) is 0 Å². The molecular weight excluding hydrogens is 296 g/mol. The van der Waals surface area contributed by atoms with Gasteiger partial charge in [-0.25, -0.2) is 4.98 Å². The molecule has 7 nitrogen and oxygen atoms in total. The first-order valence-electron chi connectivity index (χ1n) is 8.42. The summed E-state index contributed by atoms with van der Waals surface area (Å²) >= 11 is 0. The van der Waals surface area contributed by atoms with Crippen LogP contribution >= 0.6 is 0 Å². The Hall–Kier alpha value is -1.44. The highest BCUT2D eigenvalue weighted by atomic mass is 16.5. The summed E-state index contributed by atoms with van der Waals surface area (Å²) < 4.78 is 7.58. The Balaban J connectivity index is 1.42. The molecule has 2 aliphatic rings.